The highest BCUT2D eigenvalue weighted by Gasteiger charge is 2.73. The number of alkyl halides is 1. The second-order valence-corrected chi connectivity index (χ2v) is 6.63. The maximum Gasteiger partial charge on any atom is 0.227 e. The average Bonchev–Trinajstić information content (AvgIpc) is 2.66. The second-order valence-electron chi connectivity index (χ2n) is 6.07. The van der Waals surface area contributed by atoms with Gasteiger partial charge in [-0.15, -0.1) is 0 Å². The lowest BCUT2D eigenvalue weighted by atomic mass is 9.64. The van der Waals surface area contributed by atoms with E-state index >= 15 is 0 Å². The van der Waals surface area contributed by atoms with Crippen LogP contribution in [0.4, 0.5) is 0 Å². The smallest absolute Gasteiger partial charge is 0.227 e. The standard InChI is InChI=1S/C13H21BrN2O2/c1-11(2)12(10(18)16-6-5-15)3-4-13(11,8-14)9(17)7-12/h3-8,15H2,1-2H3,(H,16,18)/t12-,13-/m0/s1. The van der Waals surface area contributed by atoms with Crippen LogP contribution in [0.2, 0.25) is 0 Å². The molecule has 18 heavy (non-hydrogen) atoms. The predicted molar refractivity (Wildman–Crippen MR) is 73.4 cm³/mol. The molecule has 2 rings (SSSR count). The van der Waals surface area contributed by atoms with Crippen molar-refractivity contribution in [2.75, 3.05) is 18.4 Å². The number of rotatable bonds is 4. The second kappa shape index (κ2) is 4.30. The number of ketones is 1. The Balaban J connectivity index is 2.36. The summed E-state index contributed by atoms with van der Waals surface area (Å²) >= 11 is 3.49. The first kappa shape index (κ1) is 14.0. The molecule has 0 saturated heterocycles. The van der Waals surface area contributed by atoms with Crippen molar-refractivity contribution in [1.29, 1.82) is 0 Å². The van der Waals surface area contributed by atoms with Gasteiger partial charge in [0.25, 0.3) is 0 Å². The van der Waals surface area contributed by atoms with E-state index in [-0.39, 0.29) is 22.5 Å². The summed E-state index contributed by atoms with van der Waals surface area (Å²) in [6, 6.07) is 0. The number of fused-ring (bicyclic) bond motifs is 2. The molecule has 2 fully saturated rings. The molecule has 0 unspecified atom stereocenters. The van der Waals surface area contributed by atoms with E-state index in [1.165, 1.54) is 0 Å². The summed E-state index contributed by atoms with van der Waals surface area (Å²) in [4.78, 5) is 24.8. The molecular formula is C13H21BrN2O2. The number of nitrogens with two attached hydrogens (primary N) is 1. The normalized spacial score (nSPS) is 37.0. The van der Waals surface area contributed by atoms with E-state index in [0.717, 1.165) is 12.8 Å². The van der Waals surface area contributed by atoms with Crippen molar-refractivity contribution >= 4 is 27.6 Å². The predicted octanol–water partition coefficient (Wildman–Crippen LogP) is 1.22. The van der Waals surface area contributed by atoms with Gasteiger partial charge in [0.15, 0.2) is 0 Å². The average molecular weight is 317 g/mol. The van der Waals surface area contributed by atoms with E-state index in [0.29, 0.717) is 24.8 Å². The van der Waals surface area contributed by atoms with Crippen molar-refractivity contribution in [2.45, 2.75) is 33.1 Å². The Bertz CT molecular complexity index is 396. The van der Waals surface area contributed by atoms with Crippen molar-refractivity contribution in [3.8, 4) is 0 Å². The molecule has 5 heteroatoms. The third-order valence-corrected chi connectivity index (χ3v) is 6.42. The van der Waals surface area contributed by atoms with Gasteiger partial charge >= 0.3 is 0 Å². The lowest BCUT2D eigenvalue weighted by Gasteiger charge is -2.39. The fourth-order valence-electron chi connectivity index (χ4n) is 3.89. The van der Waals surface area contributed by atoms with Gasteiger partial charge in [-0.25, -0.2) is 0 Å². The zero-order chi connectivity index (χ0) is 13.6. The summed E-state index contributed by atoms with van der Waals surface area (Å²) in [6.07, 6.45) is 1.98. The molecule has 0 radical (unpaired) electrons. The summed E-state index contributed by atoms with van der Waals surface area (Å²) in [5, 5.41) is 3.53. The van der Waals surface area contributed by atoms with Crippen LogP contribution in [0.1, 0.15) is 33.1 Å². The van der Waals surface area contributed by atoms with Crippen LogP contribution in [0, 0.1) is 16.2 Å². The van der Waals surface area contributed by atoms with Gasteiger partial charge in [0.1, 0.15) is 5.78 Å². The largest absolute Gasteiger partial charge is 0.354 e. The van der Waals surface area contributed by atoms with Gasteiger partial charge in [-0.2, -0.15) is 0 Å². The van der Waals surface area contributed by atoms with Crippen LogP contribution in [-0.2, 0) is 9.59 Å². The molecule has 0 spiro atoms. The Hall–Kier alpha value is -0.420. The number of carbonyl (C=O) groups is 2. The van der Waals surface area contributed by atoms with E-state index in [4.69, 9.17) is 5.73 Å². The van der Waals surface area contributed by atoms with Gasteiger partial charge in [-0.3, -0.25) is 9.59 Å². The third kappa shape index (κ3) is 1.40. The Morgan fingerprint density at radius 3 is 2.56 bits per heavy atom. The molecule has 0 aromatic rings. The minimum atomic E-state index is -0.535. The van der Waals surface area contributed by atoms with Crippen LogP contribution in [0.5, 0.6) is 0 Å². The fraction of sp³-hybridized carbons (Fsp3) is 0.846. The van der Waals surface area contributed by atoms with Crippen LogP contribution in [0.3, 0.4) is 0 Å². The molecule has 0 aliphatic heterocycles. The van der Waals surface area contributed by atoms with Gasteiger partial charge in [-0.1, -0.05) is 29.8 Å². The van der Waals surface area contributed by atoms with Gasteiger partial charge in [0, 0.05) is 30.3 Å². The molecule has 4 nitrogen and oxygen atoms in total. The number of halogens is 1. The molecule has 0 heterocycles. The molecule has 1 amide bonds. The lowest BCUT2D eigenvalue weighted by Crippen LogP contribution is -2.48. The summed E-state index contributed by atoms with van der Waals surface area (Å²) in [5.74, 6) is 0.241. The monoisotopic (exact) mass is 316 g/mol. The van der Waals surface area contributed by atoms with Crippen LogP contribution in [0.25, 0.3) is 0 Å². The van der Waals surface area contributed by atoms with E-state index in [1.807, 2.05) is 0 Å². The lowest BCUT2D eigenvalue weighted by molar-refractivity contribution is -0.136. The molecule has 102 valence electrons. The molecule has 3 N–H and O–H groups in total. The number of Topliss-reactive ketones (excluding diaryl/α,β-unsaturated/α-hetero) is 1. The van der Waals surface area contributed by atoms with Gasteiger partial charge in [0.05, 0.1) is 5.41 Å². The maximum absolute atomic E-state index is 12.5. The van der Waals surface area contributed by atoms with Crippen LogP contribution in [-0.4, -0.2) is 30.1 Å². The van der Waals surface area contributed by atoms with Crippen molar-refractivity contribution < 1.29 is 9.59 Å². The molecule has 2 bridgehead atoms. The quantitative estimate of drug-likeness (QED) is 0.766. The molecule has 2 aliphatic carbocycles. The Kier molecular flexibility index (Phi) is 3.35. The number of carbonyl (C=O) groups excluding carboxylic acids is 2. The Labute approximate surface area is 116 Å². The Morgan fingerprint density at radius 2 is 2.11 bits per heavy atom. The first-order valence-corrected chi connectivity index (χ1v) is 7.58. The van der Waals surface area contributed by atoms with Crippen molar-refractivity contribution in [3.05, 3.63) is 0 Å². The highest BCUT2D eigenvalue weighted by Crippen LogP contribution is 2.71. The highest BCUT2D eigenvalue weighted by atomic mass is 79.9. The molecule has 0 aromatic carbocycles. The van der Waals surface area contributed by atoms with Gasteiger partial charge in [-0.05, 0) is 18.3 Å². The highest BCUT2D eigenvalue weighted by molar-refractivity contribution is 9.09. The zero-order valence-electron chi connectivity index (χ0n) is 11.0. The first-order chi connectivity index (χ1) is 8.38. The van der Waals surface area contributed by atoms with Crippen LogP contribution >= 0.6 is 15.9 Å². The van der Waals surface area contributed by atoms with E-state index in [2.05, 4.69) is 35.1 Å². The molecule has 2 saturated carbocycles. The summed E-state index contributed by atoms with van der Waals surface area (Å²) < 4.78 is 0. The van der Waals surface area contributed by atoms with Crippen LogP contribution in [0.15, 0.2) is 0 Å². The van der Waals surface area contributed by atoms with E-state index < -0.39 is 5.41 Å². The summed E-state index contributed by atoms with van der Waals surface area (Å²) in [5.41, 5.74) is 4.23. The van der Waals surface area contributed by atoms with E-state index in [9.17, 15) is 9.59 Å². The van der Waals surface area contributed by atoms with E-state index in [1.54, 1.807) is 0 Å². The Morgan fingerprint density at radius 1 is 1.44 bits per heavy atom. The minimum absolute atomic E-state index is 0.00613. The zero-order valence-corrected chi connectivity index (χ0v) is 12.6. The number of hydrogen-bond donors (Lipinski definition) is 2. The molecule has 2 aliphatic rings. The number of hydrogen-bond acceptors (Lipinski definition) is 3. The maximum atomic E-state index is 12.5. The van der Waals surface area contributed by atoms with Gasteiger partial charge in [0.2, 0.25) is 5.91 Å². The first-order valence-electron chi connectivity index (χ1n) is 6.46. The summed E-state index contributed by atoms with van der Waals surface area (Å²) in [7, 11) is 0. The summed E-state index contributed by atoms with van der Waals surface area (Å²) in [6.45, 7) is 5.04. The van der Waals surface area contributed by atoms with Crippen molar-refractivity contribution in [1.82, 2.24) is 5.32 Å². The van der Waals surface area contributed by atoms with Crippen LogP contribution < -0.4 is 11.1 Å². The number of nitrogens with one attached hydrogen (secondary N) is 1. The fourth-order valence-corrected chi connectivity index (χ4v) is 5.19. The van der Waals surface area contributed by atoms with Crippen molar-refractivity contribution in [3.63, 3.8) is 0 Å². The minimum Gasteiger partial charge on any atom is -0.354 e. The van der Waals surface area contributed by atoms with Gasteiger partial charge < -0.3 is 11.1 Å². The molecule has 2 atom stereocenters. The molecular weight excluding hydrogens is 296 g/mol. The number of amides is 1. The van der Waals surface area contributed by atoms with Crippen molar-refractivity contribution in [2.24, 2.45) is 22.0 Å². The molecule has 0 aromatic heterocycles. The third-order valence-electron chi connectivity index (χ3n) is 5.46. The topological polar surface area (TPSA) is 72.2 Å². The SMILES string of the molecule is CC1(C)[C@]2(CBr)CC[C@@]1(C(=O)NCCN)CC2=O.